The number of hydrogen-bond donors (Lipinski definition) is 9. The Bertz CT molecular complexity index is 2550. The van der Waals surface area contributed by atoms with E-state index < -0.39 is 47.4 Å². The molecule has 0 radical (unpaired) electrons. The molecule has 3 heterocycles. The van der Waals surface area contributed by atoms with Crippen LogP contribution in [0.2, 0.25) is 0 Å². The van der Waals surface area contributed by atoms with Gasteiger partial charge >= 0.3 is 18.1 Å². The van der Waals surface area contributed by atoms with Gasteiger partial charge in [-0.05, 0) is 43.2 Å². The Morgan fingerprint density at radius 2 is 1.74 bits per heavy atom. The minimum Gasteiger partial charge on any atom is -0.480 e. The van der Waals surface area contributed by atoms with E-state index >= 15 is 0 Å². The predicted molar refractivity (Wildman–Crippen MR) is 265 cm³/mol. The lowest BCUT2D eigenvalue weighted by Gasteiger charge is -2.35. The summed E-state index contributed by atoms with van der Waals surface area (Å²) < 4.78 is 12.9. The summed E-state index contributed by atoms with van der Waals surface area (Å²) in [5, 5.41) is 31.5. The summed E-state index contributed by atoms with van der Waals surface area (Å²) in [5.74, 6) is -2.51. The second-order valence-corrected chi connectivity index (χ2v) is 19.6. The van der Waals surface area contributed by atoms with Crippen LogP contribution in [0.3, 0.4) is 0 Å². The van der Waals surface area contributed by atoms with E-state index in [9.17, 15) is 39.0 Å². The maximum absolute atomic E-state index is 13.0. The van der Waals surface area contributed by atoms with Gasteiger partial charge in [-0.15, -0.1) is 0 Å². The van der Waals surface area contributed by atoms with Crippen LogP contribution in [0.4, 0.5) is 16.3 Å². The second-order valence-electron chi connectivity index (χ2n) is 16.9. The number of amides is 2. The SMILES string of the molecule is CCCCc1nc2c(N)nc3ccccc3c2n1CC(C)(C)COC(=O)OCCSSCC(NC(=O)CCC(NC(=O)c1ccc(NCC2CNC(N=C(N)N)=C(C=O)N2C)cc1)C(=O)O)C(=O)O. The van der Waals surface area contributed by atoms with Gasteiger partial charge in [0.1, 0.15) is 42.3 Å². The number of aldehydes is 1. The van der Waals surface area contributed by atoms with E-state index in [0.29, 0.717) is 48.7 Å². The number of aromatic nitrogens is 3. The van der Waals surface area contributed by atoms with Crippen LogP contribution in [-0.4, -0.2) is 135 Å². The number of guanidine groups is 1. The van der Waals surface area contributed by atoms with Crippen molar-refractivity contribution in [1.29, 1.82) is 0 Å². The van der Waals surface area contributed by atoms with E-state index in [4.69, 9.17) is 31.7 Å². The Hall–Kier alpha value is -6.95. The molecule has 5 rings (SSSR count). The number of rotatable bonds is 26. The van der Waals surface area contributed by atoms with Crippen molar-refractivity contribution in [3.05, 3.63) is 71.4 Å². The molecule has 0 bridgehead atoms. The minimum atomic E-state index is -1.44. The van der Waals surface area contributed by atoms with E-state index in [1.807, 2.05) is 38.1 Å². The quantitative estimate of drug-likeness (QED) is 0.0109. The number of imidazole rings is 1. The Morgan fingerprint density at radius 3 is 2.42 bits per heavy atom. The number of carboxylic acid groups (broad SMARTS) is 2. The summed E-state index contributed by atoms with van der Waals surface area (Å²) in [6, 6.07) is 11.1. The molecule has 4 aromatic rings. The zero-order valence-electron chi connectivity index (χ0n) is 38.9. The van der Waals surface area contributed by atoms with Crippen LogP contribution in [0.5, 0.6) is 0 Å². The maximum Gasteiger partial charge on any atom is 0.508 e. The number of aliphatic carboxylic acids is 2. The number of likely N-dealkylation sites (N-methyl/N-ethyl adjacent to an activating group) is 1. The summed E-state index contributed by atoms with van der Waals surface area (Å²) in [5.41, 5.74) is 20.1. The van der Waals surface area contributed by atoms with Crippen LogP contribution in [0.15, 0.2) is 65.0 Å². The van der Waals surface area contributed by atoms with Gasteiger partial charge in [-0.25, -0.2) is 24.4 Å². The number of fused-ring (bicyclic) bond motifs is 3. The molecule has 3 unspecified atom stereocenters. The smallest absolute Gasteiger partial charge is 0.480 e. The lowest BCUT2D eigenvalue weighted by Crippen LogP contribution is -2.49. The molecule has 1 aliphatic heterocycles. The number of aliphatic imine (C=N–C) groups is 1. The number of nitrogens with two attached hydrogens (primary N) is 3. The first-order chi connectivity index (χ1) is 32.9. The number of carboxylic acids is 2. The van der Waals surface area contributed by atoms with Crippen LogP contribution in [-0.2, 0) is 41.6 Å². The van der Waals surface area contributed by atoms with Crippen molar-refractivity contribution < 1.29 is 48.5 Å². The first kappa shape index (κ1) is 53.0. The molecule has 372 valence electrons. The summed E-state index contributed by atoms with van der Waals surface area (Å²) in [7, 11) is 4.10. The largest absolute Gasteiger partial charge is 0.508 e. The van der Waals surface area contributed by atoms with E-state index in [1.165, 1.54) is 22.9 Å². The van der Waals surface area contributed by atoms with Crippen LogP contribution in [0.25, 0.3) is 21.9 Å². The first-order valence-corrected chi connectivity index (χ1v) is 24.6. The Balaban J connectivity index is 1.00. The second kappa shape index (κ2) is 24.9. The van der Waals surface area contributed by atoms with Gasteiger partial charge in [0.15, 0.2) is 23.9 Å². The number of hydrogen-bond acceptors (Lipinski definition) is 17. The molecule has 69 heavy (non-hydrogen) atoms. The van der Waals surface area contributed by atoms with E-state index in [-0.39, 0.29) is 60.9 Å². The number of nitrogen functional groups attached to an aromatic ring is 1. The molecule has 22 nitrogen and oxygen atoms in total. The summed E-state index contributed by atoms with van der Waals surface area (Å²) in [4.78, 5) is 89.1. The molecule has 12 N–H and O–H groups in total. The average Bonchev–Trinajstić information content (AvgIpc) is 3.66. The van der Waals surface area contributed by atoms with Gasteiger partial charge in [-0.2, -0.15) is 4.99 Å². The van der Waals surface area contributed by atoms with E-state index in [2.05, 4.69) is 42.7 Å². The molecule has 2 aromatic carbocycles. The van der Waals surface area contributed by atoms with Crippen LogP contribution in [0.1, 0.15) is 62.6 Å². The average molecular weight is 993 g/mol. The molecule has 1 aliphatic rings. The van der Waals surface area contributed by atoms with Crippen molar-refractivity contribution in [1.82, 2.24) is 35.4 Å². The standard InChI is InChI=1S/C45H60N12O10S2/c1-5-6-11-34-54-36-37(29-9-7-8-10-30(29)52-38(36)46)57(34)24-45(2,3)25-67-44(65)66-18-19-68-69-23-32(42(63)64)51-35(59)17-16-31(41(61)62)53-40(60)26-12-14-27(15-13-26)49-20-28-21-50-39(55-43(47)48)33(22-58)56(28)4/h7-10,12-15,22,28,31-32,49-50H,5-6,11,16-21,23-25H2,1-4H3,(H2,46,52)(H,51,59)(H,53,60)(H,61,62)(H,63,64)(H4,47,48,55). The highest BCUT2D eigenvalue weighted by Gasteiger charge is 2.29. The van der Waals surface area contributed by atoms with Crippen molar-refractivity contribution in [2.75, 3.05) is 55.9 Å². The van der Waals surface area contributed by atoms with Crippen LogP contribution in [0, 0.1) is 5.41 Å². The monoisotopic (exact) mass is 992 g/mol. The summed E-state index contributed by atoms with van der Waals surface area (Å²) in [6.07, 6.45) is 1.79. The first-order valence-electron chi connectivity index (χ1n) is 22.1. The Labute approximate surface area is 406 Å². The van der Waals surface area contributed by atoms with Crippen molar-refractivity contribution in [3.8, 4) is 0 Å². The molecule has 0 aliphatic carbocycles. The summed E-state index contributed by atoms with van der Waals surface area (Å²) >= 11 is 0. The number of nitrogens with zero attached hydrogens (tertiary/aromatic N) is 5. The van der Waals surface area contributed by atoms with E-state index in [0.717, 1.165) is 52.3 Å². The number of ether oxygens (including phenoxy) is 2. The number of pyridine rings is 1. The van der Waals surface area contributed by atoms with Crippen molar-refractivity contribution in [2.45, 2.75) is 77.5 Å². The fraction of sp³-hybridized carbons (Fsp3) is 0.444. The highest BCUT2D eigenvalue weighted by atomic mass is 33.1. The van der Waals surface area contributed by atoms with Gasteiger partial charge in [-0.3, -0.25) is 14.4 Å². The van der Waals surface area contributed by atoms with Crippen molar-refractivity contribution in [3.63, 3.8) is 0 Å². The number of carbonyl (C=O) groups excluding carboxylic acids is 4. The highest BCUT2D eigenvalue weighted by molar-refractivity contribution is 8.76. The third-order valence-electron chi connectivity index (χ3n) is 10.9. The van der Waals surface area contributed by atoms with Crippen LogP contribution >= 0.6 is 21.6 Å². The van der Waals surface area contributed by atoms with E-state index in [1.54, 1.807) is 24.1 Å². The topological polar surface area (TPSA) is 334 Å². The molecular formula is C45H60N12O10S2. The molecule has 0 saturated carbocycles. The number of aryl methyl sites for hydroxylation is 1. The molecule has 0 saturated heterocycles. The number of nitrogens with one attached hydrogen (secondary N) is 4. The summed E-state index contributed by atoms with van der Waals surface area (Å²) in [6.45, 7) is 7.43. The van der Waals surface area contributed by atoms with Gasteiger partial charge in [0.2, 0.25) is 5.91 Å². The zero-order chi connectivity index (χ0) is 50.3. The molecule has 2 aromatic heterocycles. The molecule has 0 fully saturated rings. The van der Waals surface area contributed by atoms with Gasteiger partial charge in [0.25, 0.3) is 5.91 Å². The lowest BCUT2D eigenvalue weighted by molar-refractivity contribution is -0.142. The molecular weight excluding hydrogens is 933 g/mol. The van der Waals surface area contributed by atoms with Gasteiger partial charge in [0.05, 0.1) is 17.1 Å². The fourth-order valence-electron chi connectivity index (χ4n) is 7.28. The van der Waals surface area contributed by atoms with Crippen LogP contribution < -0.4 is 38.5 Å². The minimum absolute atomic E-state index is 0.0154. The third-order valence-corrected chi connectivity index (χ3v) is 13.3. The predicted octanol–water partition coefficient (Wildman–Crippen LogP) is 3.26. The fourth-order valence-corrected chi connectivity index (χ4v) is 9.26. The normalized spacial score (nSPS) is 14.6. The van der Waals surface area contributed by atoms with Gasteiger partial charge in [-0.1, -0.05) is 67.0 Å². The highest BCUT2D eigenvalue weighted by Crippen LogP contribution is 2.32. The lowest BCUT2D eigenvalue weighted by atomic mass is 9.94. The molecule has 0 spiro atoms. The number of carbonyl (C=O) groups is 6. The number of anilines is 2. The Morgan fingerprint density at radius 1 is 1.01 bits per heavy atom. The number of para-hydroxylation sites is 1. The van der Waals surface area contributed by atoms with Gasteiger partial charge < -0.3 is 67.6 Å². The molecule has 3 atom stereocenters. The Kier molecular flexibility index (Phi) is 19.1. The number of unbranched alkanes of at least 4 members (excludes halogenated alkanes) is 1. The van der Waals surface area contributed by atoms with Crippen molar-refractivity contribution in [2.24, 2.45) is 21.9 Å². The molecule has 24 heteroatoms. The number of allylic oxidation sites excluding steroid dienone is 1. The third kappa shape index (κ3) is 15.0. The van der Waals surface area contributed by atoms with Gasteiger partial charge in [0, 0.05) is 73.1 Å². The number of benzene rings is 2. The zero-order valence-corrected chi connectivity index (χ0v) is 40.5. The maximum atomic E-state index is 13.0. The van der Waals surface area contributed by atoms with Crippen molar-refractivity contribution >= 4 is 97.2 Å². The molecule has 2 amide bonds.